The van der Waals surface area contributed by atoms with Crippen LogP contribution in [0.1, 0.15) is 53.6 Å². The number of para-hydroxylation sites is 1. The molecule has 0 radical (unpaired) electrons. The first-order valence-electron chi connectivity index (χ1n) is 11.5. The molecule has 1 saturated heterocycles. The van der Waals surface area contributed by atoms with E-state index in [0.717, 1.165) is 63.1 Å². The van der Waals surface area contributed by atoms with Crippen molar-refractivity contribution >= 4 is 17.5 Å². The maximum Gasteiger partial charge on any atom is 0.248 e. The molecule has 1 unspecified atom stereocenters. The number of primary amides is 1. The smallest absolute Gasteiger partial charge is 0.248 e. The molecular formula is C26H31N3O2. The molecule has 1 atom stereocenters. The second kappa shape index (κ2) is 8.12. The summed E-state index contributed by atoms with van der Waals surface area (Å²) in [6.45, 7) is 3.60. The Bertz CT molecular complexity index is 998. The highest BCUT2D eigenvalue weighted by Crippen LogP contribution is 2.44. The highest BCUT2D eigenvalue weighted by molar-refractivity contribution is 5.96. The molecule has 1 aliphatic carbocycles. The number of rotatable bonds is 4. The van der Waals surface area contributed by atoms with E-state index in [2.05, 4.69) is 40.1 Å². The Morgan fingerprint density at radius 1 is 1.03 bits per heavy atom. The molecule has 2 N–H and O–H groups in total. The highest BCUT2D eigenvalue weighted by atomic mass is 16.2. The van der Waals surface area contributed by atoms with Crippen LogP contribution in [0, 0.1) is 11.3 Å². The Labute approximate surface area is 184 Å². The van der Waals surface area contributed by atoms with Gasteiger partial charge >= 0.3 is 0 Å². The number of hydrogen-bond donors (Lipinski definition) is 1. The second-order valence-corrected chi connectivity index (χ2v) is 9.74. The normalized spacial score (nSPS) is 23.9. The molecule has 0 aromatic heterocycles. The standard InChI is InChI=1S/C26H31N3O2/c27-24(30)21-10-5-6-19(14-21)16-28-13-12-26(17-28)15-22-9-3-4-11-23(22)29(18-26)25(31)20-7-1-2-8-20/h3-6,9-11,14,20H,1-2,7-8,12-13,15-18H2,(H2,27,30). The van der Waals surface area contributed by atoms with Crippen molar-refractivity contribution in [3.8, 4) is 0 Å². The molecule has 2 aromatic carbocycles. The first-order chi connectivity index (χ1) is 15.0. The number of benzene rings is 2. The number of nitrogens with zero attached hydrogens (tertiary/aromatic N) is 2. The van der Waals surface area contributed by atoms with Crippen LogP contribution in [0.25, 0.3) is 0 Å². The summed E-state index contributed by atoms with van der Waals surface area (Å²) < 4.78 is 0. The van der Waals surface area contributed by atoms with Gasteiger partial charge < -0.3 is 10.6 Å². The first-order valence-corrected chi connectivity index (χ1v) is 11.5. The molecule has 2 amide bonds. The number of fused-ring (bicyclic) bond motifs is 1. The van der Waals surface area contributed by atoms with Crippen LogP contribution in [0.15, 0.2) is 48.5 Å². The zero-order chi connectivity index (χ0) is 21.4. The molecule has 3 aliphatic rings. The van der Waals surface area contributed by atoms with Gasteiger partial charge in [0.15, 0.2) is 0 Å². The minimum atomic E-state index is -0.385. The average Bonchev–Trinajstić information content (AvgIpc) is 3.44. The van der Waals surface area contributed by atoms with Crippen molar-refractivity contribution < 1.29 is 9.59 Å². The van der Waals surface area contributed by atoms with E-state index in [0.29, 0.717) is 11.5 Å². The van der Waals surface area contributed by atoms with E-state index >= 15 is 0 Å². The third-order valence-electron chi connectivity index (χ3n) is 7.45. The molecule has 1 saturated carbocycles. The van der Waals surface area contributed by atoms with Crippen LogP contribution in [-0.2, 0) is 17.8 Å². The summed E-state index contributed by atoms with van der Waals surface area (Å²) in [5.41, 5.74) is 9.66. The Balaban J connectivity index is 1.36. The third-order valence-corrected chi connectivity index (χ3v) is 7.45. The molecule has 1 spiro atoms. The molecule has 5 heteroatoms. The van der Waals surface area contributed by atoms with E-state index in [-0.39, 0.29) is 17.2 Å². The van der Waals surface area contributed by atoms with Gasteiger partial charge in [-0.2, -0.15) is 0 Å². The number of likely N-dealkylation sites (tertiary alicyclic amines) is 1. The predicted molar refractivity (Wildman–Crippen MR) is 122 cm³/mol. The summed E-state index contributed by atoms with van der Waals surface area (Å²) in [5.74, 6) is 0.138. The van der Waals surface area contributed by atoms with Crippen molar-refractivity contribution in [3.63, 3.8) is 0 Å². The second-order valence-electron chi connectivity index (χ2n) is 9.74. The van der Waals surface area contributed by atoms with Crippen molar-refractivity contribution in [2.75, 3.05) is 24.5 Å². The quantitative estimate of drug-likeness (QED) is 0.824. The van der Waals surface area contributed by atoms with Gasteiger partial charge in [0.05, 0.1) is 0 Å². The highest BCUT2D eigenvalue weighted by Gasteiger charge is 2.45. The first kappa shape index (κ1) is 20.3. The molecule has 5 rings (SSSR count). The van der Waals surface area contributed by atoms with Crippen LogP contribution in [0.4, 0.5) is 5.69 Å². The van der Waals surface area contributed by atoms with Gasteiger partial charge in [-0.05, 0) is 61.6 Å². The van der Waals surface area contributed by atoms with Crippen LogP contribution in [0.2, 0.25) is 0 Å². The van der Waals surface area contributed by atoms with Crippen molar-refractivity contribution in [2.24, 2.45) is 17.1 Å². The van der Waals surface area contributed by atoms with Gasteiger partial charge in [0.25, 0.3) is 0 Å². The SMILES string of the molecule is NC(=O)c1cccc(CN2CCC3(Cc4ccccc4N(C(=O)C4CCCC4)C3)C2)c1. The molecule has 2 aromatic rings. The van der Waals surface area contributed by atoms with E-state index < -0.39 is 0 Å². The third kappa shape index (κ3) is 3.99. The van der Waals surface area contributed by atoms with Crippen LogP contribution in [0.5, 0.6) is 0 Å². The molecule has 5 nitrogen and oxygen atoms in total. The molecule has 2 heterocycles. The number of nitrogens with two attached hydrogens (primary N) is 1. The van der Waals surface area contributed by atoms with E-state index in [4.69, 9.17) is 5.73 Å². The lowest BCUT2D eigenvalue weighted by atomic mass is 9.76. The van der Waals surface area contributed by atoms with Crippen LogP contribution in [-0.4, -0.2) is 36.3 Å². The fourth-order valence-corrected chi connectivity index (χ4v) is 5.91. The Morgan fingerprint density at radius 3 is 2.65 bits per heavy atom. The van der Waals surface area contributed by atoms with Gasteiger partial charge in [-0.25, -0.2) is 0 Å². The average molecular weight is 418 g/mol. The van der Waals surface area contributed by atoms with E-state index in [1.807, 2.05) is 12.1 Å². The topological polar surface area (TPSA) is 66.6 Å². The molecule has 31 heavy (non-hydrogen) atoms. The number of amides is 2. The van der Waals surface area contributed by atoms with Crippen molar-refractivity contribution in [1.82, 2.24) is 4.90 Å². The lowest BCUT2D eigenvalue weighted by Crippen LogP contribution is -2.49. The van der Waals surface area contributed by atoms with Gasteiger partial charge in [-0.3, -0.25) is 14.5 Å². The fourth-order valence-electron chi connectivity index (χ4n) is 5.91. The summed E-state index contributed by atoms with van der Waals surface area (Å²) in [4.78, 5) is 29.6. The van der Waals surface area contributed by atoms with Crippen LogP contribution in [0.3, 0.4) is 0 Å². The van der Waals surface area contributed by atoms with E-state index in [1.54, 1.807) is 6.07 Å². The molecule has 2 fully saturated rings. The summed E-state index contributed by atoms with van der Waals surface area (Å²) >= 11 is 0. The Morgan fingerprint density at radius 2 is 1.84 bits per heavy atom. The lowest BCUT2D eigenvalue weighted by Gasteiger charge is -2.42. The zero-order valence-electron chi connectivity index (χ0n) is 18.1. The largest absolute Gasteiger partial charge is 0.366 e. The summed E-state index contributed by atoms with van der Waals surface area (Å²) in [7, 11) is 0. The van der Waals surface area contributed by atoms with Crippen molar-refractivity contribution in [3.05, 3.63) is 65.2 Å². The summed E-state index contributed by atoms with van der Waals surface area (Å²) in [5, 5.41) is 0. The Kier molecular flexibility index (Phi) is 5.30. The zero-order valence-corrected chi connectivity index (χ0v) is 18.1. The molecule has 0 bridgehead atoms. The van der Waals surface area contributed by atoms with Crippen LogP contribution < -0.4 is 10.6 Å². The van der Waals surface area contributed by atoms with Gasteiger partial charge in [0.1, 0.15) is 0 Å². The van der Waals surface area contributed by atoms with Gasteiger partial charge in [-0.15, -0.1) is 0 Å². The van der Waals surface area contributed by atoms with Gasteiger partial charge in [0.2, 0.25) is 11.8 Å². The lowest BCUT2D eigenvalue weighted by molar-refractivity contribution is -0.122. The van der Waals surface area contributed by atoms with Crippen molar-refractivity contribution in [1.29, 1.82) is 0 Å². The predicted octanol–water partition coefficient (Wildman–Crippen LogP) is 3.76. The van der Waals surface area contributed by atoms with Gasteiger partial charge in [-0.1, -0.05) is 43.2 Å². The summed E-state index contributed by atoms with van der Waals surface area (Å²) in [6, 6.07) is 16.1. The van der Waals surface area contributed by atoms with Crippen LogP contribution >= 0.6 is 0 Å². The maximum atomic E-state index is 13.4. The van der Waals surface area contributed by atoms with Crippen molar-refractivity contribution in [2.45, 2.75) is 45.1 Å². The minimum absolute atomic E-state index is 0.101. The molecule has 162 valence electrons. The number of carbonyl (C=O) groups is 2. The molecular weight excluding hydrogens is 386 g/mol. The summed E-state index contributed by atoms with van der Waals surface area (Å²) in [6.07, 6.45) is 6.53. The maximum absolute atomic E-state index is 13.4. The number of anilines is 1. The Hall–Kier alpha value is -2.66. The van der Waals surface area contributed by atoms with Gasteiger partial charge in [0, 0.05) is 42.2 Å². The van der Waals surface area contributed by atoms with E-state index in [9.17, 15) is 9.59 Å². The monoisotopic (exact) mass is 417 g/mol. The van der Waals surface area contributed by atoms with E-state index in [1.165, 1.54) is 18.4 Å². The fraction of sp³-hybridized carbons (Fsp3) is 0.462. The molecule has 2 aliphatic heterocycles. The number of carbonyl (C=O) groups excluding carboxylic acids is 2. The minimum Gasteiger partial charge on any atom is -0.366 e. The number of hydrogen-bond acceptors (Lipinski definition) is 3.